The fourth-order valence-corrected chi connectivity index (χ4v) is 2.18. The van der Waals surface area contributed by atoms with Crippen LogP contribution >= 0.6 is 0 Å². The predicted octanol–water partition coefficient (Wildman–Crippen LogP) is 1.56. The lowest BCUT2D eigenvalue weighted by molar-refractivity contribution is -0.385. The third kappa shape index (κ3) is 2.38. The lowest BCUT2D eigenvalue weighted by Crippen LogP contribution is -2.22. The zero-order valence-electron chi connectivity index (χ0n) is 10.2. The van der Waals surface area contributed by atoms with Crippen molar-refractivity contribution in [3.63, 3.8) is 0 Å². The molecule has 0 radical (unpaired) electrons. The van der Waals surface area contributed by atoms with Crippen LogP contribution in [0.15, 0.2) is 18.2 Å². The maximum atomic E-state index is 11.2. The molecular weight excluding hydrogens is 236 g/mol. The van der Waals surface area contributed by atoms with Crippen molar-refractivity contribution in [1.82, 2.24) is 0 Å². The summed E-state index contributed by atoms with van der Waals surface area (Å²) in [6.45, 7) is 3.22. The van der Waals surface area contributed by atoms with Crippen molar-refractivity contribution in [3.05, 3.63) is 28.3 Å². The van der Waals surface area contributed by atoms with Crippen molar-refractivity contribution in [3.8, 4) is 5.75 Å². The van der Waals surface area contributed by atoms with E-state index >= 15 is 0 Å². The number of rotatable bonds is 4. The zero-order valence-corrected chi connectivity index (χ0v) is 10.2. The van der Waals surface area contributed by atoms with Gasteiger partial charge in [-0.3, -0.25) is 10.1 Å². The summed E-state index contributed by atoms with van der Waals surface area (Å²) in [5, 5.41) is 20.7. The molecule has 0 unspecified atom stereocenters. The Labute approximate surface area is 105 Å². The van der Waals surface area contributed by atoms with Crippen molar-refractivity contribution in [2.45, 2.75) is 19.4 Å². The summed E-state index contributed by atoms with van der Waals surface area (Å²) in [6.07, 6.45) is 0.219. The molecule has 1 fully saturated rings. The number of hydrogen-bond acceptors (Lipinski definition) is 5. The van der Waals surface area contributed by atoms with Gasteiger partial charge in [-0.2, -0.15) is 0 Å². The van der Waals surface area contributed by atoms with E-state index in [1.807, 2.05) is 4.90 Å². The molecular formula is C12H16N2O4. The number of ether oxygens (including phenoxy) is 1. The van der Waals surface area contributed by atoms with E-state index in [0.29, 0.717) is 31.8 Å². The van der Waals surface area contributed by atoms with E-state index in [1.54, 1.807) is 25.1 Å². The Morgan fingerprint density at radius 1 is 1.61 bits per heavy atom. The molecule has 0 amide bonds. The molecule has 18 heavy (non-hydrogen) atoms. The van der Waals surface area contributed by atoms with Crippen molar-refractivity contribution < 1.29 is 14.8 Å². The maximum Gasteiger partial charge on any atom is 0.333 e. The fraction of sp³-hybridized carbons (Fsp3) is 0.500. The minimum atomic E-state index is -0.426. The topological polar surface area (TPSA) is 75.8 Å². The van der Waals surface area contributed by atoms with E-state index in [0.717, 1.165) is 0 Å². The normalized spacial score (nSPS) is 19.0. The Hall–Kier alpha value is -1.82. The maximum absolute atomic E-state index is 11.2. The highest BCUT2D eigenvalue weighted by molar-refractivity contribution is 5.70. The first-order chi connectivity index (χ1) is 8.63. The smallest absolute Gasteiger partial charge is 0.333 e. The zero-order chi connectivity index (χ0) is 13.1. The Kier molecular flexibility index (Phi) is 3.66. The number of anilines is 1. The molecule has 6 nitrogen and oxygen atoms in total. The van der Waals surface area contributed by atoms with Crippen LogP contribution in [0.4, 0.5) is 11.4 Å². The largest absolute Gasteiger partial charge is 0.487 e. The van der Waals surface area contributed by atoms with E-state index in [2.05, 4.69) is 0 Å². The Balaban J connectivity index is 2.39. The number of aliphatic hydroxyl groups is 1. The molecule has 2 rings (SSSR count). The van der Waals surface area contributed by atoms with Gasteiger partial charge in [0.25, 0.3) is 0 Å². The van der Waals surface area contributed by atoms with Crippen molar-refractivity contribution in [2.24, 2.45) is 0 Å². The molecule has 1 aliphatic heterocycles. The Morgan fingerprint density at radius 2 is 2.39 bits per heavy atom. The van der Waals surface area contributed by atoms with Gasteiger partial charge in [0, 0.05) is 13.1 Å². The number of nitro benzene ring substituents is 1. The lowest BCUT2D eigenvalue weighted by Gasteiger charge is -2.18. The molecule has 1 aromatic carbocycles. The fourth-order valence-electron chi connectivity index (χ4n) is 2.18. The van der Waals surface area contributed by atoms with Crippen LogP contribution in [-0.4, -0.2) is 35.8 Å². The number of para-hydroxylation sites is 1. The summed E-state index contributed by atoms with van der Waals surface area (Å²) in [4.78, 5) is 12.6. The Bertz CT molecular complexity index is 450. The SMILES string of the molecule is CCOc1cccc(N2CC[C@H](O)C2)c1[N+](=O)[O-]. The van der Waals surface area contributed by atoms with Gasteiger partial charge in [-0.25, -0.2) is 0 Å². The molecule has 1 heterocycles. The second-order valence-corrected chi connectivity index (χ2v) is 4.20. The van der Waals surface area contributed by atoms with Crippen LogP contribution in [0.2, 0.25) is 0 Å². The first kappa shape index (κ1) is 12.6. The molecule has 6 heteroatoms. The summed E-state index contributed by atoms with van der Waals surface area (Å²) in [6, 6.07) is 5.02. The van der Waals surface area contributed by atoms with Gasteiger partial charge in [0.15, 0.2) is 5.75 Å². The van der Waals surface area contributed by atoms with Crippen LogP contribution in [-0.2, 0) is 0 Å². The number of β-amino-alcohol motifs (C(OH)–C–C–N with tert-alkyl or cyclic N) is 1. The minimum Gasteiger partial charge on any atom is -0.487 e. The number of hydrogen-bond donors (Lipinski definition) is 1. The van der Waals surface area contributed by atoms with Gasteiger partial charge in [-0.1, -0.05) is 6.07 Å². The van der Waals surface area contributed by atoms with Gasteiger partial charge in [0.2, 0.25) is 0 Å². The van der Waals surface area contributed by atoms with E-state index in [1.165, 1.54) is 0 Å². The molecule has 98 valence electrons. The van der Waals surface area contributed by atoms with Crippen LogP contribution in [0.1, 0.15) is 13.3 Å². The number of aliphatic hydroxyl groups excluding tert-OH is 1. The molecule has 0 saturated carbocycles. The highest BCUT2D eigenvalue weighted by atomic mass is 16.6. The molecule has 1 aromatic rings. The van der Waals surface area contributed by atoms with Gasteiger partial charge < -0.3 is 14.7 Å². The van der Waals surface area contributed by atoms with Gasteiger partial charge in [-0.05, 0) is 25.5 Å². The summed E-state index contributed by atoms with van der Waals surface area (Å²) in [5.74, 6) is 0.279. The standard InChI is InChI=1S/C12H16N2O4/c1-2-18-11-5-3-4-10(12(11)14(16)17)13-7-6-9(15)8-13/h3-5,9,15H,2,6-8H2,1H3/t9-/m0/s1. The van der Waals surface area contributed by atoms with Crippen LogP contribution in [0, 0.1) is 10.1 Å². The van der Waals surface area contributed by atoms with Crippen molar-refractivity contribution >= 4 is 11.4 Å². The number of benzene rings is 1. The van der Waals surface area contributed by atoms with Crippen molar-refractivity contribution in [1.29, 1.82) is 0 Å². The summed E-state index contributed by atoms with van der Waals surface area (Å²) in [7, 11) is 0. The Morgan fingerprint density at radius 3 is 2.94 bits per heavy atom. The molecule has 1 aliphatic rings. The molecule has 0 spiro atoms. The van der Waals surface area contributed by atoms with Gasteiger partial charge >= 0.3 is 5.69 Å². The average molecular weight is 252 g/mol. The molecule has 1 saturated heterocycles. The summed E-state index contributed by atoms with van der Waals surface area (Å²) >= 11 is 0. The van der Waals surface area contributed by atoms with E-state index in [4.69, 9.17) is 4.74 Å². The van der Waals surface area contributed by atoms with Gasteiger partial charge in [-0.15, -0.1) is 0 Å². The quantitative estimate of drug-likeness (QED) is 0.650. The molecule has 1 atom stereocenters. The molecule has 1 N–H and O–H groups in total. The van der Waals surface area contributed by atoms with E-state index in [9.17, 15) is 15.2 Å². The lowest BCUT2D eigenvalue weighted by atomic mass is 10.2. The number of nitrogens with zero attached hydrogens (tertiary/aromatic N) is 2. The van der Waals surface area contributed by atoms with Crippen LogP contribution in [0.5, 0.6) is 5.75 Å². The predicted molar refractivity (Wildman–Crippen MR) is 67.1 cm³/mol. The van der Waals surface area contributed by atoms with Crippen molar-refractivity contribution in [2.75, 3.05) is 24.6 Å². The number of nitro groups is 1. The average Bonchev–Trinajstić information content (AvgIpc) is 2.75. The van der Waals surface area contributed by atoms with Gasteiger partial charge in [0.1, 0.15) is 5.69 Å². The highest BCUT2D eigenvalue weighted by Gasteiger charge is 2.29. The van der Waals surface area contributed by atoms with E-state index < -0.39 is 11.0 Å². The minimum absolute atomic E-state index is 0.0200. The summed E-state index contributed by atoms with van der Waals surface area (Å²) < 4.78 is 5.29. The van der Waals surface area contributed by atoms with Gasteiger partial charge in [0.05, 0.1) is 17.6 Å². The van der Waals surface area contributed by atoms with Crippen LogP contribution in [0.25, 0.3) is 0 Å². The molecule has 0 bridgehead atoms. The molecule has 0 aliphatic carbocycles. The third-order valence-electron chi connectivity index (χ3n) is 2.96. The molecule has 0 aromatic heterocycles. The first-order valence-corrected chi connectivity index (χ1v) is 5.96. The summed E-state index contributed by atoms with van der Waals surface area (Å²) in [5.41, 5.74) is 0.496. The highest BCUT2D eigenvalue weighted by Crippen LogP contribution is 2.38. The monoisotopic (exact) mass is 252 g/mol. The third-order valence-corrected chi connectivity index (χ3v) is 2.96. The van der Waals surface area contributed by atoms with Crippen LogP contribution in [0.3, 0.4) is 0 Å². The second kappa shape index (κ2) is 5.22. The second-order valence-electron chi connectivity index (χ2n) is 4.20. The van der Waals surface area contributed by atoms with E-state index in [-0.39, 0.29) is 11.4 Å². The van der Waals surface area contributed by atoms with Crippen LogP contribution < -0.4 is 9.64 Å². The first-order valence-electron chi connectivity index (χ1n) is 5.96.